The zero-order chi connectivity index (χ0) is 17.6. The molecule has 0 aliphatic rings. The van der Waals surface area contributed by atoms with E-state index in [9.17, 15) is 4.79 Å². The molecule has 0 spiro atoms. The SMILES string of the molecule is O=C(NCCOc1ccc2ncccc2c1)Nc1cc(Cl)ccc1Cl. The number of aromatic nitrogens is 1. The first-order valence-electron chi connectivity index (χ1n) is 7.59. The second kappa shape index (κ2) is 8.05. The van der Waals surface area contributed by atoms with Gasteiger partial charge >= 0.3 is 6.03 Å². The van der Waals surface area contributed by atoms with Gasteiger partial charge in [-0.15, -0.1) is 0 Å². The minimum absolute atomic E-state index is 0.336. The Bertz CT molecular complexity index is 902. The van der Waals surface area contributed by atoms with E-state index in [4.69, 9.17) is 27.9 Å². The fraction of sp³-hybridized carbons (Fsp3) is 0.111. The number of hydrogen-bond donors (Lipinski definition) is 2. The molecule has 0 atom stereocenters. The van der Waals surface area contributed by atoms with Gasteiger partial charge in [-0.25, -0.2) is 4.79 Å². The Morgan fingerprint density at radius 2 is 2.00 bits per heavy atom. The van der Waals surface area contributed by atoms with Gasteiger partial charge in [0.15, 0.2) is 0 Å². The van der Waals surface area contributed by atoms with Crippen molar-refractivity contribution < 1.29 is 9.53 Å². The van der Waals surface area contributed by atoms with Gasteiger partial charge in [0.05, 0.1) is 22.8 Å². The molecule has 7 heteroatoms. The zero-order valence-corrected chi connectivity index (χ0v) is 14.6. The summed E-state index contributed by atoms with van der Waals surface area (Å²) in [7, 11) is 0. The first-order chi connectivity index (χ1) is 12.1. The lowest BCUT2D eigenvalue weighted by Gasteiger charge is -2.10. The highest BCUT2D eigenvalue weighted by molar-refractivity contribution is 6.35. The first kappa shape index (κ1) is 17.3. The van der Waals surface area contributed by atoms with Crippen LogP contribution < -0.4 is 15.4 Å². The average molecular weight is 376 g/mol. The molecule has 0 bridgehead atoms. The van der Waals surface area contributed by atoms with Crippen LogP contribution in [0, 0.1) is 0 Å². The van der Waals surface area contributed by atoms with E-state index in [0.717, 1.165) is 16.7 Å². The summed E-state index contributed by atoms with van der Waals surface area (Å²) in [5.74, 6) is 0.723. The lowest BCUT2D eigenvalue weighted by Crippen LogP contribution is -2.32. The monoisotopic (exact) mass is 375 g/mol. The van der Waals surface area contributed by atoms with Crippen LogP contribution in [0.4, 0.5) is 10.5 Å². The summed E-state index contributed by atoms with van der Waals surface area (Å²) in [6.45, 7) is 0.678. The van der Waals surface area contributed by atoms with E-state index >= 15 is 0 Å². The topological polar surface area (TPSA) is 63.2 Å². The molecule has 0 fully saturated rings. The molecular formula is C18H15Cl2N3O2. The van der Waals surface area contributed by atoms with E-state index in [-0.39, 0.29) is 6.03 Å². The minimum Gasteiger partial charge on any atom is -0.492 e. The van der Waals surface area contributed by atoms with Crippen LogP contribution in [0.2, 0.25) is 10.0 Å². The number of fused-ring (bicyclic) bond motifs is 1. The Balaban J connectivity index is 1.47. The molecule has 3 aromatic rings. The van der Waals surface area contributed by atoms with Crippen molar-refractivity contribution in [2.75, 3.05) is 18.5 Å². The maximum atomic E-state index is 11.9. The molecule has 2 amide bonds. The van der Waals surface area contributed by atoms with E-state index in [1.807, 2.05) is 30.3 Å². The number of urea groups is 1. The van der Waals surface area contributed by atoms with E-state index < -0.39 is 0 Å². The fourth-order valence-electron chi connectivity index (χ4n) is 2.24. The highest BCUT2D eigenvalue weighted by Crippen LogP contribution is 2.25. The predicted molar refractivity (Wildman–Crippen MR) is 101 cm³/mol. The standard InChI is InChI=1S/C18H15Cl2N3O2/c19-13-3-5-15(20)17(11-13)23-18(24)22-8-9-25-14-4-6-16-12(10-14)2-1-7-21-16/h1-7,10-11H,8-9H2,(H2,22,23,24). The Labute approximate surface area is 154 Å². The Hall–Kier alpha value is -2.50. The largest absolute Gasteiger partial charge is 0.492 e. The smallest absolute Gasteiger partial charge is 0.319 e. The molecular weight excluding hydrogens is 361 g/mol. The summed E-state index contributed by atoms with van der Waals surface area (Å²) < 4.78 is 5.64. The third-order valence-corrected chi connectivity index (χ3v) is 3.97. The number of amides is 2. The van der Waals surface area contributed by atoms with Gasteiger partial charge in [0.25, 0.3) is 0 Å². The van der Waals surface area contributed by atoms with Crippen LogP contribution >= 0.6 is 23.2 Å². The number of hydrogen-bond acceptors (Lipinski definition) is 3. The minimum atomic E-state index is -0.379. The molecule has 0 unspecified atom stereocenters. The van der Waals surface area contributed by atoms with Crippen LogP contribution in [-0.4, -0.2) is 24.2 Å². The Kier molecular flexibility index (Phi) is 5.58. The number of pyridine rings is 1. The molecule has 0 aliphatic carbocycles. The number of nitrogens with one attached hydrogen (secondary N) is 2. The number of carbonyl (C=O) groups is 1. The van der Waals surface area contributed by atoms with Crippen molar-refractivity contribution >= 4 is 45.8 Å². The fourth-order valence-corrected chi connectivity index (χ4v) is 2.57. The number of benzene rings is 2. The summed E-state index contributed by atoms with van der Waals surface area (Å²) in [6, 6.07) is 14.0. The Morgan fingerprint density at radius 1 is 1.12 bits per heavy atom. The predicted octanol–water partition coefficient (Wildman–Crippen LogP) is 4.74. The maximum Gasteiger partial charge on any atom is 0.319 e. The van der Waals surface area contributed by atoms with Crippen LogP contribution in [-0.2, 0) is 0 Å². The molecule has 0 aliphatic heterocycles. The summed E-state index contributed by atoms with van der Waals surface area (Å²) in [5.41, 5.74) is 1.36. The number of ether oxygens (including phenoxy) is 1. The number of anilines is 1. The molecule has 0 saturated heterocycles. The van der Waals surface area contributed by atoms with Crippen molar-refractivity contribution in [2.24, 2.45) is 0 Å². The molecule has 0 radical (unpaired) electrons. The van der Waals surface area contributed by atoms with Gasteiger partial charge in [-0.1, -0.05) is 29.3 Å². The molecule has 1 heterocycles. The van der Waals surface area contributed by atoms with Gasteiger partial charge in [-0.3, -0.25) is 4.98 Å². The van der Waals surface area contributed by atoms with Gasteiger partial charge in [0.1, 0.15) is 12.4 Å². The quantitative estimate of drug-likeness (QED) is 0.632. The highest BCUT2D eigenvalue weighted by Gasteiger charge is 2.06. The molecule has 0 saturated carbocycles. The number of halogens is 2. The van der Waals surface area contributed by atoms with Gasteiger partial charge in [0.2, 0.25) is 0 Å². The Morgan fingerprint density at radius 3 is 2.88 bits per heavy atom. The number of nitrogens with zero attached hydrogens (tertiary/aromatic N) is 1. The van der Waals surface area contributed by atoms with Crippen molar-refractivity contribution in [3.8, 4) is 5.75 Å². The van der Waals surface area contributed by atoms with Crippen molar-refractivity contribution in [3.63, 3.8) is 0 Å². The van der Waals surface area contributed by atoms with Gasteiger partial charge in [0, 0.05) is 16.6 Å². The van der Waals surface area contributed by atoms with Crippen LogP contribution in [0.1, 0.15) is 0 Å². The van der Waals surface area contributed by atoms with Crippen molar-refractivity contribution in [1.82, 2.24) is 10.3 Å². The third kappa shape index (κ3) is 4.75. The summed E-state index contributed by atoms with van der Waals surface area (Å²) in [5, 5.41) is 7.25. The van der Waals surface area contributed by atoms with E-state index in [0.29, 0.717) is 28.9 Å². The third-order valence-electron chi connectivity index (χ3n) is 3.41. The van der Waals surface area contributed by atoms with Crippen molar-refractivity contribution in [1.29, 1.82) is 0 Å². The van der Waals surface area contributed by atoms with E-state index in [1.165, 1.54) is 0 Å². The number of rotatable bonds is 5. The second-order valence-corrected chi connectivity index (χ2v) is 6.06. The van der Waals surface area contributed by atoms with Crippen molar-refractivity contribution in [3.05, 3.63) is 64.8 Å². The van der Waals surface area contributed by atoms with Crippen LogP contribution in [0.5, 0.6) is 5.75 Å². The lowest BCUT2D eigenvalue weighted by molar-refractivity contribution is 0.247. The highest BCUT2D eigenvalue weighted by atomic mass is 35.5. The molecule has 128 valence electrons. The molecule has 3 rings (SSSR count). The van der Waals surface area contributed by atoms with Crippen LogP contribution in [0.15, 0.2) is 54.7 Å². The maximum absolute atomic E-state index is 11.9. The summed E-state index contributed by atoms with van der Waals surface area (Å²) in [6.07, 6.45) is 1.75. The molecule has 5 nitrogen and oxygen atoms in total. The second-order valence-electron chi connectivity index (χ2n) is 5.21. The first-order valence-corrected chi connectivity index (χ1v) is 8.35. The van der Waals surface area contributed by atoms with Gasteiger partial charge < -0.3 is 15.4 Å². The van der Waals surface area contributed by atoms with Crippen LogP contribution in [0.25, 0.3) is 10.9 Å². The average Bonchev–Trinajstić information content (AvgIpc) is 2.62. The molecule has 2 N–H and O–H groups in total. The normalized spacial score (nSPS) is 10.5. The summed E-state index contributed by atoms with van der Waals surface area (Å²) >= 11 is 11.9. The summed E-state index contributed by atoms with van der Waals surface area (Å²) in [4.78, 5) is 16.1. The van der Waals surface area contributed by atoms with Gasteiger partial charge in [-0.05, 0) is 42.5 Å². The van der Waals surface area contributed by atoms with E-state index in [1.54, 1.807) is 24.4 Å². The van der Waals surface area contributed by atoms with Gasteiger partial charge in [-0.2, -0.15) is 0 Å². The number of carbonyl (C=O) groups excluding carboxylic acids is 1. The molecule has 1 aromatic heterocycles. The zero-order valence-electron chi connectivity index (χ0n) is 13.1. The van der Waals surface area contributed by atoms with E-state index in [2.05, 4.69) is 15.6 Å². The molecule has 25 heavy (non-hydrogen) atoms. The lowest BCUT2D eigenvalue weighted by atomic mass is 10.2. The van der Waals surface area contributed by atoms with Crippen LogP contribution in [0.3, 0.4) is 0 Å². The molecule has 2 aromatic carbocycles. The van der Waals surface area contributed by atoms with Crippen molar-refractivity contribution in [2.45, 2.75) is 0 Å².